The van der Waals surface area contributed by atoms with E-state index < -0.39 is 0 Å². The topological polar surface area (TPSA) is 45.5 Å². The van der Waals surface area contributed by atoms with Gasteiger partial charge in [0.25, 0.3) is 5.91 Å². The molecule has 0 bridgehead atoms. The summed E-state index contributed by atoms with van der Waals surface area (Å²) >= 11 is 0. The minimum atomic E-state index is -0.128. The second-order valence-corrected chi connectivity index (χ2v) is 6.37. The van der Waals surface area contributed by atoms with Gasteiger partial charge in [0.2, 0.25) is 0 Å². The van der Waals surface area contributed by atoms with Crippen LogP contribution in [0.2, 0.25) is 0 Å². The third kappa shape index (κ3) is 3.15. The summed E-state index contributed by atoms with van der Waals surface area (Å²) in [5.74, 6) is 0.813. The van der Waals surface area contributed by atoms with Crippen LogP contribution in [-0.4, -0.2) is 17.9 Å². The molecule has 0 fully saturated rings. The Bertz CT molecular complexity index is 886. The smallest absolute Gasteiger partial charge is 0.254 e. The molecule has 4 nitrogen and oxygen atoms in total. The van der Waals surface area contributed by atoms with Crippen LogP contribution in [0.25, 0.3) is 11.0 Å². The summed E-state index contributed by atoms with van der Waals surface area (Å²) in [4.78, 5) is 14.6. The maximum atomic E-state index is 12.8. The summed E-state index contributed by atoms with van der Waals surface area (Å²) in [6, 6.07) is 15.7. The van der Waals surface area contributed by atoms with Gasteiger partial charge >= 0.3 is 0 Å². The van der Waals surface area contributed by atoms with Crippen molar-refractivity contribution < 1.29 is 9.21 Å². The summed E-state index contributed by atoms with van der Waals surface area (Å²) in [6.07, 6.45) is 0. The molecule has 25 heavy (non-hydrogen) atoms. The fourth-order valence-electron chi connectivity index (χ4n) is 3.21. The van der Waals surface area contributed by atoms with Gasteiger partial charge in [-0.3, -0.25) is 4.79 Å². The molecule has 130 valence electrons. The van der Waals surface area contributed by atoms with Gasteiger partial charge in [-0.25, -0.2) is 0 Å². The summed E-state index contributed by atoms with van der Waals surface area (Å²) in [5.41, 5.74) is 4.07. The average molecular weight is 357 g/mol. The Hall–Kier alpha value is -2.30. The number of amides is 1. The van der Waals surface area contributed by atoms with Crippen molar-refractivity contribution in [3.05, 3.63) is 71.0 Å². The maximum Gasteiger partial charge on any atom is 0.254 e. The Kier molecular flexibility index (Phi) is 4.84. The van der Waals surface area contributed by atoms with Crippen LogP contribution in [-0.2, 0) is 13.1 Å². The van der Waals surface area contributed by atoms with Crippen molar-refractivity contribution in [2.24, 2.45) is 0 Å². The molecule has 2 heterocycles. The van der Waals surface area contributed by atoms with Crippen molar-refractivity contribution in [1.29, 1.82) is 0 Å². The van der Waals surface area contributed by atoms with E-state index in [4.69, 9.17) is 4.42 Å². The summed E-state index contributed by atoms with van der Waals surface area (Å²) in [7, 11) is 1.83. The number of nitrogens with one attached hydrogen (secondary N) is 1. The number of benzene rings is 2. The Morgan fingerprint density at radius 3 is 2.68 bits per heavy atom. The van der Waals surface area contributed by atoms with Gasteiger partial charge in [0.15, 0.2) is 0 Å². The highest BCUT2D eigenvalue weighted by Gasteiger charge is 2.23. The number of rotatable bonds is 3. The Labute approximate surface area is 153 Å². The highest BCUT2D eigenvalue weighted by molar-refractivity contribution is 5.94. The Morgan fingerprint density at radius 2 is 1.88 bits per heavy atom. The van der Waals surface area contributed by atoms with Crippen molar-refractivity contribution in [3.8, 4) is 0 Å². The fraction of sp³-hybridized carbons (Fsp3) is 0.250. The van der Waals surface area contributed by atoms with Crippen LogP contribution in [0.15, 0.2) is 52.9 Å². The van der Waals surface area contributed by atoms with Gasteiger partial charge in [-0.1, -0.05) is 24.3 Å². The first kappa shape index (κ1) is 17.5. The third-order valence-electron chi connectivity index (χ3n) is 4.84. The average Bonchev–Trinajstić information content (AvgIpc) is 3.25. The van der Waals surface area contributed by atoms with Crippen molar-refractivity contribution in [1.82, 2.24) is 10.2 Å². The lowest BCUT2D eigenvalue weighted by atomic mass is 10.0. The fourth-order valence-corrected chi connectivity index (χ4v) is 3.21. The molecule has 1 aliphatic rings. The molecule has 0 aliphatic carbocycles. The second-order valence-electron chi connectivity index (χ2n) is 6.37. The molecule has 0 saturated carbocycles. The van der Waals surface area contributed by atoms with E-state index in [2.05, 4.69) is 5.32 Å². The maximum absolute atomic E-state index is 12.8. The van der Waals surface area contributed by atoms with Crippen LogP contribution in [0.3, 0.4) is 0 Å². The highest BCUT2D eigenvalue weighted by Crippen LogP contribution is 2.28. The van der Waals surface area contributed by atoms with E-state index in [9.17, 15) is 4.79 Å². The molecule has 0 spiro atoms. The lowest BCUT2D eigenvalue weighted by Gasteiger charge is -2.23. The first-order valence-corrected chi connectivity index (χ1v) is 8.21. The number of fused-ring (bicyclic) bond motifs is 2. The molecule has 1 N–H and O–H groups in total. The van der Waals surface area contributed by atoms with Gasteiger partial charge in [0.1, 0.15) is 11.3 Å². The lowest BCUT2D eigenvalue weighted by Crippen LogP contribution is -2.29. The van der Waals surface area contributed by atoms with Crippen LogP contribution in [0, 0.1) is 0 Å². The molecule has 1 atom stereocenters. The molecule has 0 saturated heterocycles. The van der Waals surface area contributed by atoms with E-state index in [0.717, 1.165) is 35.4 Å². The standard InChI is InChI=1S/C20H20N2O2.ClH/c1-13(19-10-14-5-3-4-6-18(14)24-19)22(2)20(23)15-7-8-16-11-21-12-17(16)9-15;/h3-10,13,21H,11-12H2,1-2H3;1H. The minimum absolute atomic E-state index is 0. The molecule has 1 unspecified atom stereocenters. The van der Waals surface area contributed by atoms with Gasteiger partial charge < -0.3 is 14.6 Å². The Balaban J connectivity index is 0.00000182. The number of para-hydroxylation sites is 1. The van der Waals surface area contributed by atoms with Gasteiger partial charge in [0, 0.05) is 31.1 Å². The van der Waals surface area contributed by atoms with Crippen LogP contribution in [0.4, 0.5) is 0 Å². The second kappa shape index (κ2) is 6.90. The molecule has 2 aromatic carbocycles. The zero-order valence-electron chi connectivity index (χ0n) is 14.3. The van der Waals surface area contributed by atoms with Crippen molar-refractivity contribution >= 4 is 29.3 Å². The highest BCUT2D eigenvalue weighted by atomic mass is 35.5. The summed E-state index contributed by atoms with van der Waals surface area (Å²) in [5, 5.41) is 4.37. The molecule has 1 amide bonds. The van der Waals surface area contributed by atoms with E-state index in [1.807, 2.05) is 62.5 Å². The SMILES string of the molecule is CC(c1cc2ccccc2o1)N(C)C(=O)c1ccc2c(c1)CNC2.Cl. The van der Waals surface area contributed by atoms with Gasteiger partial charge in [-0.15, -0.1) is 12.4 Å². The molecule has 5 heteroatoms. The number of nitrogens with zero attached hydrogens (tertiary/aromatic N) is 1. The van der Waals surface area contributed by atoms with Crippen molar-refractivity contribution in [3.63, 3.8) is 0 Å². The predicted molar refractivity (Wildman–Crippen MR) is 101 cm³/mol. The molecule has 1 aromatic heterocycles. The van der Waals surface area contributed by atoms with Crippen LogP contribution >= 0.6 is 12.4 Å². The molecular weight excluding hydrogens is 336 g/mol. The molecule has 0 radical (unpaired) electrons. The van der Waals surface area contributed by atoms with E-state index in [1.165, 1.54) is 11.1 Å². The number of halogens is 1. The first-order valence-electron chi connectivity index (χ1n) is 8.21. The molecule has 1 aliphatic heterocycles. The van der Waals surface area contributed by atoms with Crippen molar-refractivity contribution in [2.75, 3.05) is 7.05 Å². The predicted octanol–water partition coefficient (Wildman–Crippen LogP) is 4.29. The van der Waals surface area contributed by atoms with E-state index >= 15 is 0 Å². The monoisotopic (exact) mass is 356 g/mol. The zero-order chi connectivity index (χ0) is 16.7. The largest absolute Gasteiger partial charge is 0.459 e. The number of carbonyl (C=O) groups is 1. The quantitative estimate of drug-likeness (QED) is 0.761. The van der Waals surface area contributed by atoms with Gasteiger partial charge in [0.05, 0.1) is 6.04 Å². The minimum Gasteiger partial charge on any atom is -0.459 e. The molecular formula is C20H21ClN2O2. The van der Waals surface area contributed by atoms with E-state index in [1.54, 1.807) is 4.90 Å². The first-order chi connectivity index (χ1) is 11.6. The molecule has 3 aromatic rings. The van der Waals surface area contributed by atoms with Gasteiger partial charge in [-0.2, -0.15) is 0 Å². The summed E-state index contributed by atoms with van der Waals surface area (Å²) in [6.45, 7) is 3.71. The number of hydrogen-bond donors (Lipinski definition) is 1. The lowest BCUT2D eigenvalue weighted by molar-refractivity contribution is 0.0727. The number of carbonyl (C=O) groups excluding carboxylic acids is 1. The van der Waals surface area contributed by atoms with Crippen LogP contribution < -0.4 is 5.32 Å². The van der Waals surface area contributed by atoms with E-state index in [0.29, 0.717) is 0 Å². The van der Waals surface area contributed by atoms with Crippen LogP contribution in [0.1, 0.15) is 40.2 Å². The summed E-state index contributed by atoms with van der Waals surface area (Å²) < 4.78 is 5.91. The van der Waals surface area contributed by atoms with E-state index in [-0.39, 0.29) is 24.4 Å². The van der Waals surface area contributed by atoms with Crippen LogP contribution in [0.5, 0.6) is 0 Å². The number of furan rings is 1. The van der Waals surface area contributed by atoms with Crippen molar-refractivity contribution in [2.45, 2.75) is 26.1 Å². The third-order valence-corrected chi connectivity index (χ3v) is 4.84. The zero-order valence-corrected chi connectivity index (χ0v) is 15.1. The Morgan fingerprint density at radius 1 is 1.12 bits per heavy atom. The normalized spacial score (nSPS) is 14.0. The van der Waals surface area contributed by atoms with Gasteiger partial charge in [-0.05, 0) is 42.3 Å². The number of hydrogen-bond acceptors (Lipinski definition) is 3. The molecule has 4 rings (SSSR count).